The van der Waals surface area contributed by atoms with E-state index in [4.69, 9.17) is 62.2 Å². The van der Waals surface area contributed by atoms with E-state index in [0.717, 1.165) is 0 Å². The van der Waals surface area contributed by atoms with Crippen LogP contribution in [0.5, 0.6) is 0 Å². The lowest BCUT2D eigenvalue weighted by atomic mass is 9.75. The van der Waals surface area contributed by atoms with Gasteiger partial charge in [-0.1, -0.05) is 0 Å². The maximum atomic E-state index is 13.1. The number of hydrogen-bond donors (Lipinski definition) is 15. The maximum absolute atomic E-state index is 13.1. The molecule has 2 saturated carbocycles. The van der Waals surface area contributed by atoms with Crippen molar-refractivity contribution in [3.63, 3.8) is 0 Å². The number of carbonyl (C=O) groups is 1. The van der Waals surface area contributed by atoms with E-state index >= 15 is 0 Å². The predicted octanol–water partition coefficient (Wildman–Crippen LogP) is -9.23. The second-order valence-electron chi connectivity index (χ2n) is 14.5. The Kier molecular flexibility index (Phi) is 14.2. The number of nitrogens with one attached hydrogen (secondary N) is 2. The third-order valence-corrected chi connectivity index (χ3v) is 10.5. The number of aliphatic hydroxyl groups excluding tert-OH is 7. The minimum absolute atomic E-state index is 0.0128. The Balaban J connectivity index is 1.35. The summed E-state index contributed by atoms with van der Waals surface area (Å²) in [6.45, 7) is -0.640. The number of ether oxygens (including phenoxy) is 6. The SMILES string of the molecule is NC[C@@H]1O[C@H](O[C@H]2[C@@H](O)[C@H](O[C@@H]3[C@@H](O)[C@H](NC(=O)[C@]4(O)C[C@H](N)C4)C[C@H](N)[C@H]3O[C@H]3O[C@H](CNCCO)[C@@H](O)C[C@H]3N)O[C@@H]2CO)[C@H](N)[C@@H](O)[C@@H]1O. The molecule has 3 aliphatic heterocycles. The lowest BCUT2D eigenvalue weighted by Gasteiger charge is -2.48. The number of hydrogen-bond acceptors (Lipinski definition) is 21. The molecule has 0 radical (unpaired) electrons. The lowest BCUT2D eigenvalue weighted by molar-refractivity contribution is -0.297. The van der Waals surface area contributed by atoms with Crippen molar-refractivity contribution in [1.29, 1.82) is 0 Å². The van der Waals surface area contributed by atoms with E-state index in [0.29, 0.717) is 0 Å². The van der Waals surface area contributed by atoms with Crippen LogP contribution in [0.2, 0.25) is 0 Å². The van der Waals surface area contributed by atoms with E-state index in [9.17, 15) is 40.5 Å². The van der Waals surface area contributed by atoms with E-state index < -0.39 is 128 Å². The minimum Gasteiger partial charge on any atom is -0.395 e. The zero-order chi connectivity index (χ0) is 38.1. The summed E-state index contributed by atoms with van der Waals surface area (Å²) in [5, 5.41) is 89.9. The van der Waals surface area contributed by atoms with Crippen molar-refractivity contribution in [3.05, 3.63) is 0 Å². The molecule has 1 amide bonds. The molecule has 0 bridgehead atoms. The normalized spacial score (nSPS) is 49.8. The average Bonchev–Trinajstić information content (AvgIpc) is 3.39. The Morgan fingerprint density at radius 3 is 2.02 bits per heavy atom. The van der Waals surface area contributed by atoms with Gasteiger partial charge in [-0.3, -0.25) is 4.79 Å². The molecule has 5 aliphatic rings. The largest absolute Gasteiger partial charge is 0.395 e. The first-order valence-electron chi connectivity index (χ1n) is 17.6. The molecule has 302 valence electrons. The molecule has 0 aromatic rings. The molecule has 3 saturated heterocycles. The molecule has 22 nitrogen and oxygen atoms in total. The molecule has 5 rings (SSSR count). The molecule has 18 atom stereocenters. The van der Waals surface area contributed by atoms with Gasteiger partial charge in [0.25, 0.3) is 5.91 Å². The van der Waals surface area contributed by atoms with Crippen LogP contribution in [-0.2, 0) is 33.2 Å². The zero-order valence-corrected chi connectivity index (χ0v) is 28.7. The van der Waals surface area contributed by atoms with Crippen molar-refractivity contribution < 1.29 is 74.1 Å². The van der Waals surface area contributed by atoms with Crippen molar-refractivity contribution in [2.45, 2.75) is 148 Å². The fraction of sp³-hybridized carbons (Fsp3) is 0.967. The van der Waals surface area contributed by atoms with Gasteiger partial charge in [0.15, 0.2) is 18.9 Å². The third kappa shape index (κ3) is 8.87. The molecule has 5 fully saturated rings. The monoisotopic (exact) mass is 755 g/mol. The molecule has 0 spiro atoms. The van der Waals surface area contributed by atoms with E-state index in [1.807, 2.05) is 0 Å². The summed E-state index contributed by atoms with van der Waals surface area (Å²) < 4.78 is 35.7. The summed E-state index contributed by atoms with van der Waals surface area (Å²) in [6, 6.07) is -4.60. The first-order chi connectivity index (χ1) is 24.6. The Bertz CT molecular complexity index is 1160. The molecule has 52 heavy (non-hydrogen) atoms. The molecule has 0 aromatic carbocycles. The van der Waals surface area contributed by atoms with Crippen LogP contribution >= 0.6 is 0 Å². The summed E-state index contributed by atoms with van der Waals surface area (Å²) in [4.78, 5) is 13.1. The van der Waals surface area contributed by atoms with Crippen LogP contribution in [0.3, 0.4) is 0 Å². The Hall–Kier alpha value is -1.33. The van der Waals surface area contributed by atoms with Gasteiger partial charge in [-0.2, -0.15) is 0 Å². The minimum atomic E-state index is -1.74. The van der Waals surface area contributed by atoms with Crippen LogP contribution in [0.1, 0.15) is 25.7 Å². The van der Waals surface area contributed by atoms with Gasteiger partial charge in [-0.05, 0) is 12.8 Å². The Morgan fingerprint density at radius 2 is 1.38 bits per heavy atom. The molecule has 0 unspecified atom stereocenters. The van der Waals surface area contributed by atoms with Gasteiger partial charge in [0.2, 0.25) is 0 Å². The average molecular weight is 756 g/mol. The Labute approximate surface area is 299 Å². The van der Waals surface area contributed by atoms with Gasteiger partial charge in [0.05, 0.1) is 43.5 Å². The van der Waals surface area contributed by atoms with Crippen LogP contribution in [-0.4, -0.2) is 201 Å². The van der Waals surface area contributed by atoms with Crippen molar-refractivity contribution in [2.24, 2.45) is 28.7 Å². The van der Waals surface area contributed by atoms with Gasteiger partial charge in [-0.15, -0.1) is 0 Å². The van der Waals surface area contributed by atoms with Gasteiger partial charge in [-0.25, -0.2) is 0 Å². The first-order valence-corrected chi connectivity index (χ1v) is 17.6. The molecular formula is C30H57N7O15. The fourth-order valence-electron chi connectivity index (χ4n) is 7.42. The number of rotatable bonds is 14. The van der Waals surface area contributed by atoms with E-state index in [1.54, 1.807) is 0 Å². The van der Waals surface area contributed by atoms with Crippen molar-refractivity contribution in [1.82, 2.24) is 10.6 Å². The Morgan fingerprint density at radius 1 is 0.750 bits per heavy atom. The molecular weight excluding hydrogens is 698 g/mol. The summed E-state index contributed by atoms with van der Waals surface area (Å²) in [7, 11) is 0. The summed E-state index contributed by atoms with van der Waals surface area (Å²) >= 11 is 0. The molecule has 20 N–H and O–H groups in total. The second-order valence-corrected chi connectivity index (χ2v) is 14.5. The predicted molar refractivity (Wildman–Crippen MR) is 174 cm³/mol. The number of amides is 1. The zero-order valence-electron chi connectivity index (χ0n) is 28.7. The molecule has 0 aromatic heterocycles. The quantitative estimate of drug-likeness (QED) is 0.0732. The summed E-state index contributed by atoms with van der Waals surface area (Å²) in [5.74, 6) is -0.772. The standard InChI is InChI=1S/C30H57N7O15/c31-7-15-20(42)21(43)18(35)27(47-15)51-24-17(9-39)49-28(22(24)44)52-25-19(41)13(37-29(45)30(46)5-10(32)6-30)3-11(33)23(25)50-26-12(34)4-14(40)16(48-26)8-36-1-2-38/h10-28,36,38-44,46H,1-9,31-35H2,(H,37,45)/t10-,11-,12+,13+,14-,15-,16+,17+,18+,19-,20+,21+,22+,23+,24+,25+,26+,27+,28-,30-/m0/s1. The molecule has 2 aliphatic carbocycles. The highest BCUT2D eigenvalue weighted by Crippen LogP contribution is 2.36. The van der Waals surface area contributed by atoms with Crippen molar-refractivity contribution in [3.8, 4) is 0 Å². The highest BCUT2D eigenvalue weighted by atomic mass is 16.8. The van der Waals surface area contributed by atoms with Gasteiger partial charge in [0.1, 0.15) is 60.5 Å². The summed E-state index contributed by atoms with van der Waals surface area (Å²) in [6.07, 6.45) is -18.5. The van der Waals surface area contributed by atoms with Crippen LogP contribution in [0.4, 0.5) is 0 Å². The smallest absolute Gasteiger partial charge is 0.252 e. The second kappa shape index (κ2) is 17.6. The maximum Gasteiger partial charge on any atom is 0.252 e. The first kappa shape index (κ1) is 41.8. The number of nitrogens with two attached hydrogens (primary N) is 5. The fourth-order valence-corrected chi connectivity index (χ4v) is 7.42. The van der Waals surface area contributed by atoms with E-state index in [-0.39, 0.29) is 58.0 Å². The number of carbonyl (C=O) groups excluding carboxylic acids is 1. The topological polar surface area (TPSA) is 388 Å². The highest BCUT2D eigenvalue weighted by Gasteiger charge is 2.55. The molecule has 22 heteroatoms. The van der Waals surface area contributed by atoms with E-state index in [1.165, 1.54) is 0 Å². The van der Waals surface area contributed by atoms with Crippen LogP contribution in [0, 0.1) is 0 Å². The third-order valence-electron chi connectivity index (χ3n) is 10.5. The van der Waals surface area contributed by atoms with Crippen molar-refractivity contribution >= 4 is 5.91 Å². The van der Waals surface area contributed by atoms with Crippen molar-refractivity contribution in [2.75, 3.05) is 32.8 Å². The molecule has 3 heterocycles. The highest BCUT2D eigenvalue weighted by molar-refractivity contribution is 5.86. The van der Waals surface area contributed by atoms with Crippen LogP contribution in [0.15, 0.2) is 0 Å². The van der Waals surface area contributed by atoms with Gasteiger partial charge < -0.3 is 109 Å². The summed E-state index contributed by atoms with van der Waals surface area (Å²) in [5.41, 5.74) is 28.6. The number of aliphatic hydroxyl groups is 8. The lowest BCUT2D eigenvalue weighted by Crippen LogP contribution is -2.69. The van der Waals surface area contributed by atoms with Gasteiger partial charge in [0, 0.05) is 44.6 Å². The van der Waals surface area contributed by atoms with Crippen LogP contribution < -0.4 is 39.3 Å². The van der Waals surface area contributed by atoms with Crippen LogP contribution in [0.25, 0.3) is 0 Å². The van der Waals surface area contributed by atoms with Gasteiger partial charge >= 0.3 is 0 Å². The van der Waals surface area contributed by atoms with E-state index in [2.05, 4.69) is 10.6 Å².